The molecule has 3 heterocycles. The highest BCUT2D eigenvalue weighted by Gasteiger charge is 2.52. The summed E-state index contributed by atoms with van der Waals surface area (Å²) in [6.45, 7) is 4.39. The van der Waals surface area contributed by atoms with Gasteiger partial charge < -0.3 is 9.64 Å². The van der Waals surface area contributed by atoms with Crippen LogP contribution in [0.15, 0.2) is 65.8 Å². The van der Waals surface area contributed by atoms with E-state index in [1.807, 2.05) is 0 Å². The first-order chi connectivity index (χ1) is 14.6. The summed E-state index contributed by atoms with van der Waals surface area (Å²) in [5.74, 6) is 1.05. The molecule has 30 heavy (non-hydrogen) atoms. The number of quaternary nitrogens is 1. The van der Waals surface area contributed by atoms with E-state index in [1.54, 1.807) is 4.90 Å². The van der Waals surface area contributed by atoms with E-state index in [-0.39, 0.29) is 11.8 Å². The number of hydrogen-bond donors (Lipinski definition) is 1. The van der Waals surface area contributed by atoms with Gasteiger partial charge in [-0.15, -0.1) is 0 Å². The monoisotopic (exact) mass is 398 g/mol. The van der Waals surface area contributed by atoms with E-state index < -0.39 is 0 Å². The Labute approximate surface area is 177 Å². The predicted octanol–water partition coefficient (Wildman–Crippen LogP) is 3.70. The number of rotatable bonds is 1. The van der Waals surface area contributed by atoms with Crippen molar-refractivity contribution >= 4 is 16.5 Å². The molecule has 0 bridgehead atoms. The molecule has 0 unspecified atom stereocenters. The highest BCUT2D eigenvalue weighted by molar-refractivity contribution is 6.04. The molecule has 3 aromatic rings. The molecular weight excluding hydrogens is 370 g/mol. The van der Waals surface area contributed by atoms with Crippen LogP contribution in [0.3, 0.4) is 0 Å². The summed E-state index contributed by atoms with van der Waals surface area (Å²) in [6, 6.07) is 22.2. The molecule has 4 nitrogen and oxygen atoms in total. The van der Waals surface area contributed by atoms with Crippen LogP contribution in [-0.4, -0.2) is 36.6 Å². The summed E-state index contributed by atoms with van der Waals surface area (Å²) >= 11 is 0. The Morgan fingerprint density at radius 2 is 1.80 bits per heavy atom. The van der Waals surface area contributed by atoms with Crippen LogP contribution in [0.4, 0.5) is 0 Å². The second-order valence-electron chi connectivity index (χ2n) is 9.22. The molecule has 3 aliphatic rings. The summed E-state index contributed by atoms with van der Waals surface area (Å²) < 4.78 is 6.74. The fourth-order valence-electron chi connectivity index (χ4n) is 5.34. The second kappa shape index (κ2) is 6.58. The second-order valence-corrected chi connectivity index (χ2v) is 9.22. The zero-order valence-electron chi connectivity index (χ0n) is 17.7. The first-order valence-corrected chi connectivity index (χ1v) is 11.1. The van der Waals surface area contributed by atoms with Crippen LogP contribution in [0.2, 0.25) is 0 Å². The number of ether oxygens (including phenoxy) is 1. The molecule has 1 atom stereocenters. The van der Waals surface area contributed by atoms with E-state index in [9.17, 15) is 0 Å². The molecule has 0 saturated carbocycles. The van der Waals surface area contributed by atoms with Crippen molar-refractivity contribution in [2.75, 3.05) is 20.1 Å². The molecule has 3 aromatic carbocycles. The fraction of sp³-hybridized carbons (Fsp3) is 0.346. The van der Waals surface area contributed by atoms with Crippen molar-refractivity contribution in [3.8, 4) is 5.75 Å². The molecule has 0 radical (unpaired) electrons. The van der Waals surface area contributed by atoms with Crippen molar-refractivity contribution in [2.24, 2.45) is 5.10 Å². The molecule has 1 fully saturated rings. The van der Waals surface area contributed by atoms with Gasteiger partial charge in [0.05, 0.1) is 44.7 Å². The summed E-state index contributed by atoms with van der Waals surface area (Å²) in [5, 5.41) is 10.1. The molecule has 152 valence electrons. The van der Waals surface area contributed by atoms with E-state index in [0.29, 0.717) is 0 Å². The van der Waals surface area contributed by atoms with Gasteiger partial charge in [0.15, 0.2) is 0 Å². The normalized spacial score (nSPS) is 27.5. The molecule has 3 aliphatic heterocycles. The SMILES string of the molecule is Cc1ccc2c(c1)[C@@H]1CC(c3ccc4ccccc4c3)=NN1C1(CC[NH+](C)CC1)O2. The molecular formula is C26H28N3O+. The maximum Gasteiger partial charge on any atom is 0.208 e. The molecule has 1 N–H and O–H groups in total. The van der Waals surface area contributed by atoms with Crippen LogP contribution in [0.25, 0.3) is 10.8 Å². The topological polar surface area (TPSA) is 29.3 Å². The first-order valence-electron chi connectivity index (χ1n) is 11.1. The van der Waals surface area contributed by atoms with E-state index in [2.05, 4.69) is 79.6 Å². The van der Waals surface area contributed by atoms with Crippen molar-refractivity contribution in [1.29, 1.82) is 0 Å². The van der Waals surface area contributed by atoms with E-state index >= 15 is 0 Å². The molecule has 0 amide bonds. The van der Waals surface area contributed by atoms with Crippen LogP contribution < -0.4 is 9.64 Å². The van der Waals surface area contributed by atoms with Gasteiger partial charge in [-0.25, -0.2) is 5.01 Å². The lowest BCUT2D eigenvalue weighted by atomic mass is 9.90. The van der Waals surface area contributed by atoms with Gasteiger partial charge in [-0.05, 0) is 35.4 Å². The summed E-state index contributed by atoms with van der Waals surface area (Å²) in [5.41, 5.74) is 4.65. The summed E-state index contributed by atoms with van der Waals surface area (Å²) in [4.78, 5) is 1.58. The molecule has 6 rings (SSSR count). The molecule has 4 heteroatoms. The van der Waals surface area contributed by atoms with Gasteiger partial charge in [0.25, 0.3) is 0 Å². The third-order valence-corrected chi connectivity index (χ3v) is 7.12. The molecule has 0 aliphatic carbocycles. The molecule has 1 saturated heterocycles. The number of piperidine rings is 1. The molecule has 0 aromatic heterocycles. The number of fused-ring (bicyclic) bond motifs is 5. The van der Waals surface area contributed by atoms with Crippen LogP contribution in [-0.2, 0) is 0 Å². The van der Waals surface area contributed by atoms with Gasteiger partial charge in [-0.2, -0.15) is 5.10 Å². The fourth-order valence-corrected chi connectivity index (χ4v) is 5.34. The Morgan fingerprint density at radius 3 is 2.63 bits per heavy atom. The third-order valence-electron chi connectivity index (χ3n) is 7.12. The van der Waals surface area contributed by atoms with Gasteiger partial charge in [-0.1, -0.05) is 54.1 Å². The van der Waals surface area contributed by atoms with Gasteiger partial charge in [0.2, 0.25) is 5.72 Å². The van der Waals surface area contributed by atoms with Crippen molar-refractivity contribution < 1.29 is 9.64 Å². The van der Waals surface area contributed by atoms with E-state index in [4.69, 9.17) is 9.84 Å². The van der Waals surface area contributed by atoms with Crippen molar-refractivity contribution in [3.05, 3.63) is 77.4 Å². The minimum atomic E-state index is -0.314. The van der Waals surface area contributed by atoms with Gasteiger partial charge in [0.1, 0.15) is 5.75 Å². The Hall–Kier alpha value is -2.85. The number of hydrazone groups is 1. The van der Waals surface area contributed by atoms with Gasteiger partial charge >= 0.3 is 0 Å². The van der Waals surface area contributed by atoms with E-state index in [0.717, 1.165) is 38.1 Å². The van der Waals surface area contributed by atoms with Crippen LogP contribution >= 0.6 is 0 Å². The van der Waals surface area contributed by atoms with E-state index in [1.165, 1.54) is 33.2 Å². The predicted molar refractivity (Wildman–Crippen MR) is 120 cm³/mol. The number of benzene rings is 3. The lowest BCUT2D eigenvalue weighted by Gasteiger charge is -2.49. The quantitative estimate of drug-likeness (QED) is 0.677. The Morgan fingerprint density at radius 1 is 1.00 bits per heavy atom. The van der Waals surface area contributed by atoms with Crippen molar-refractivity contribution in [3.63, 3.8) is 0 Å². The van der Waals surface area contributed by atoms with Crippen LogP contribution in [0.1, 0.15) is 42.0 Å². The lowest BCUT2D eigenvalue weighted by Crippen LogP contribution is -3.11. The Balaban J connectivity index is 1.45. The minimum absolute atomic E-state index is 0.258. The van der Waals surface area contributed by atoms with Gasteiger partial charge in [0, 0.05) is 12.0 Å². The first kappa shape index (κ1) is 18.0. The zero-order valence-corrected chi connectivity index (χ0v) is 17.7. The highest BCUT2D eigenvalue weighted by Crippen LogP contribution is 2.49. The van der Waals surface area contributed by atoms with Crippen LogP contribution in [0, 0.1) is 6.92 Å². The Bertz CT molecular complexity index is 1160. The standard InChI is InChI=1S/C26H27N3O/c1-18-7-10-25-22(15-18)24-17-23(21-9-8-19-5-3-4-6-20(19)16-21)27-29(24)26(30-25)11-13-28(2)14-12-26/h3-10,15-16,24H,11-14,17H2,1-2H3/p+1/t24-/m0/s1. The number of hydrogen-bond acceptors (Lipinski definition) is 3. The maximum atomic E-state index is 6.74. The zero-order chi connectivity index (χ0) is 20.3. The van der Waals surface area contributed by atoms with Crippen molar-refractivity contribution in [2.45, 2.75) is 38.0 Å². The lowest BCUT2D eigenvalue weighted by molar-refractivity contribution is -0.888. The van der Waals surface area contributed by atoms with Crippen molar-refractivity contribution in [1.82, 2.24) is 5.01 Å². The average Bonchev–Trinajstić information content (AvgIpc) is 3.23. The summed E-state index contributed by atoms with van der Waals surface area (Å²) in [6.07, 6.45) is 2.96. The Kier molecular flexibility index (Phi) is 3.94. The highest BCUT2D eigenvalue weighted by atomic mass is 16.5. The third kappa shape index (κ3) is 2.74. The molecule has 1 spiro atoms. The minimum Gasteiger partial charge on any atom is -0.466 e. The largest absolute Gasteiger partial charge is 0.466 e. The average molecular weight is 399 g/mol. The number of likely N-dealkylation sites (tertiary alicyclic amines) is 1. The number of aryl methyl sites for hydroxylation is 1. The summed E-state index contributed by atoms with van der Waals surface area (Å²) in [7, 11) is 2.28. The maximum absolute atomic E-state index is 6.74. The van der Waals surface area contributed by atoms with Crippen LogP contribution in [0.5, 0.6) is 5.75 Å². The smallest absolute Gasteiger partial charge is 0.208 e. The number of nitrogens with one attached hydrogen (secondary N) is 1. The van der Waals surface area contributed by atoms with Gasteiger partial charge in [-0.3, -0.25) is 0 Å². The number of nitrogens with zero attached hydrogens (tertiary/aromatic N) is 2.